The van der Waals surface area contributed by atoms with Crippen LogP contribution in [0.3, 0.4) is 0 Å². The van der Waals surface area contributed by atoms with E-state index in [1.54, 1.807) is 0 Å². The molecule has 1 N–H and O–H groups in total. The number of rotatable bonds is 5. The van der Waals surface area contributed by atoms with Crippen molar-refractivity contribution >= 4 is 17.5 Å². The summed E-state index contributed by atoms with van der Waals surface area (Å²) in [4.78, 5) is 14.8. The van der Waals surface area contributed by atoms with Crippen molar-refractivity contribution in [1.29, 1.82) is 0 Å². The summed E-state index contributed by atoms with van der Waals surface area (Å²) in [6, 6.07) is 17.5. The Morgan fingerprint density at radius 1 is 1.24 bits per heavy atom. The minimum Gasteiger partial charge on any atom is -0.364 e. The smallest absolute Gasteiger partial charge is 0.252 e. The molecule has 0 spiro atoms. The van der Waals surface area contributed by atoms with Gasteiger partial charge in [0.2, 0.25) is 0 Å². The molecule has 2 unspecified atom stereocenters. The highest BCUT2D eigenvalue weighted by Crippen LogP contribution is 2.29. The molecule has 2 aromatic carbocycles. The van der Waals surface area contributed by atoms with E-state index in [9.17, 15) is 4.79 Å². The molecule has 0 bridgehead atoms. The fourth-order valence-corrected chi connectivity index (χ4v) is 3.35. The van der Waals surface area contributed by atoms with Crippen LogP contribution < -0.4 is 5.32 Å². The second kappa shape index (κ2) is 8.48. The third kappa shape index (κ3) is 4.40. The Balaban J connectivity index is 1.69. The van der Waals surface area contributed by atoms with Crippen LogP contribution in [-0.2, 0) is 16.1 Å². The van der Waals surface area contributed by atoms with Crippen molar-refractivity contribution < 1.29 is 9.53 Å². The van der Waals surface area contributed by atoms with Crippen molar-refractivity contribution in [3.05, 3.63) is 70.7 Å². The number of amides is 1. The maximum atomic E-state index is 12.9. The Labute approximate surface area is 153 Å². The monoisotopic (exact) mass is 358 g/mol. The first kappa shape index (κ1) is 17.9. The maximum absolute atomic E-state index is 12.9. The number of halogens is 1. The largest absolute Gasteiger partial charge is 0.364 e. The summed E-state index contributed by atoms with van der Waals surface area (Å²) in [5.41, 5.74) is 2.03. The van der Waals surface area contributed by atoms with Crippen LogP contribution in [0.4, 0.5) is 0 Å². The van der Waals surface area contributed by atoms with Crippen molar-refractivity contribution in [3.63, 3.8) is 0 Å². The fraction of sp³-hybridized carbons (Fsp3) is 0.350. The Morgan fingerprint density at radius 3 is 2.72 bits per heavy atom. The van der Waals surface area contributed by atoms with Crippen LogP contribution in [0, 0.1) is 0 Å². The van der Waals surface area contributed by atoms with Crippen molar-refractivity contribution in [2.45, 2.75) is 25.7 Å². The molecule has 1 fully saturated rings. The predicted molar refractivity (Wildman–Crippen MR) is 99.5 cm³/mol. The molecular formula is C20H23ClN2O2. The molecule has 132 valence electrons. The van der Waals surface area contributed by atoms with Gasteiger partial charge in [-0.2, -0.15) is 0 Å². The molecule has 1 aliphatic heterocycles. The molecule has 1 amide bonds. The van der Waals surface area contributed by atoms with Gasteiger partial charge in [0, 0.05) is 24.7 Å². The molecule has 0 aliphatic carbocycles. The van der Waals surface area contributed by atoms with Crippen LogP contribution in [0.1, 0.15) is 24.1 Å². The number of nitrogens with one attached hydrogen (secondary N) is 1. The van der Waals surface area contributed by atoms with Crippen LogP contribution in [0.2, 0.25) is 5.02 Å². The average molecular weight is 359 g/mol. The molecular weight excluding hydrogens is 336 g/mol. The van der Waals surface area contributed by atoms with E-state index in [2.05, 4.69) is 5.32 Å². The van der Waals surface area contributed by atoms with E-state index in [1.807, 2.05) is 66.4 Å². The zero-order valence-corrected chi connectivity index (χ0v) is 15.1. The zero-order chi connectivity index (χ0) is 17.6. The van der Waals surface area contributed by atoms with Gasteiger partial charge in [0.15, 0.2) is 0 Å². The normalized spacial score (nSPS) is 18.8. The molecule has 0 radical (unpaired) electrons. The summed E-state index contributed by atoms with van der Waals surface area (Å²) in [6.07, 6.45) is -0.497. The number of ether oxygens (including phenoxy) is 1. The van der Waals surface area contributed by atoms with Crippen LogP contribution in [0.5, 0.6) is 0 Å². The number of benzene rings is 2. The molecule has 1 heterocycles. The summed E-state index contributed by atoms with van der Waals surface area (Å²) in [5.74, 6) is 0.00218. The van der Waals surface area contributed by atoms with Crippen LogP contribution in [0.15, 0.2) is 54.6 Å². The maximum Gasteiger partial charge on any atom is 0.252 e. The first-order valence-electron chi connectivity index (χ1n) is 8.58. The molecule has 2 aromatic rings. The van der Waals surface area contributed by atoms with E-state index in [4.69, 9.17) is 16.3 Å². The molecule has 25 heavy (non-hydrogen) atoms. The van der Waals surface area contributed by atoms with Gasteiger partial charge in [-0.25, -0.2) is 0 Å². The Morgan fingerprint density at radius 2 is 1.96 bits per heavy atom. The molecule has 4 nitrogen and oxygen atoms in total. The molecule has 1 aliphatic rings. The Bertz CT molecular complexity index is 708. The number of piperazine rings is 1. The lowest BCUT2D eigenvalue weighted by molar-refractivity contribution is -0.146. The molecule has 3 rings (SSSR count). The topological polar surface area (TPSA) is 41.6 Å². The summed E-state index contributed by atoms with van der Waals surface area (Å²) in [6.45, 7) is 4.36. The lowest BCUT2D eigenvalue weighted by Gasteiger charge is -2.38. The van der Waals surface area contributed by atoms with E-state index in [0.29, 0.717) is 24.7 Å². The Kier molecular flexibility index (Phi) is 6.08. The highest BCUT2D eigenvalue weighted by atomic mass is 35.5. The van der Waals surface area contributed by atoms with Gasteiger partial charge < -0.3 is 15.0 Å². The highest BCUT2D eigenvalue weighted by Gasteiger charge is 2.31. The second-order valence-corrected chi connectivity index (χ2v) is 6.62. The van der Waals surface area contributed by atoms with Gasteiger partial charge >= 0.3 is 0 Å². The second-order valence-electron chi connectivity index (χ2n) is 6.21. The lowest BCUT2D eigenvalue weighted by atomic mass is 10.0. The van der Waals surface area contributed by atoms with Crippen LogP contribution in [0.25, 0.3) is 0 Å². The first-order chi connectivity index (χ1) is 12.2. The summed E-state index contributed by atoms with van der Waals surface area (Å²) < 4.78 is 5.81. The minimum absolute atomic E-state index is 0.00218. The van der Waals surface area contributed by atoms with Gasteiger partial charge in [0.25, 0.3) is 5.91 Å². The van der Waals surface area contributed by atoms with E-state index in [-0.39, 0.29) is 11.9 Å². The van der Waals surface area contributed by atoms with Crippen molar-refractivity contribution in [2.24, 2.45) is 0 Å². The molecule has 2 atom stereocenters. The molecule has 5 heteroatoms. The van der Waals surface area contributed by atoms with Gasteiger partial charge in [-0.15, -0.1) is 0 Å². The van der Waals surface area contributed by atoms with Crippen LogP contribution >= 0.6 is 11.6 Å². The number of carbonyl (C=O) groups is 1. The van der Waals surface area contributed by atoms with Gasteiger partial charge in [-0.1, -0.05) is 60.1 Å². The lowest BCUT2D eigenvalue weighted by Crippen LogP contribution is -2.51. The highest BCUT2D eigenvalue weighted by molar-refractivity contribution is 6.31. The van der Waals surface area contributed by atoms with Gasteiger partial charge in [-0.05, 0) is 24.1 Å². The van der Waals surface area contributed by atoms with Gasteiger partial charge in [-0.3, -0.25) is 4.79 Å². The molecule has 0 aromatic heterocycles. The quantitative estimate of drug-likeness (QED) is 0.890. The standard InChI is InChI=1S/C20H23ClN2O2/c1-15(25-14-16-7-3-2-4-8-16)20(24)23-12-11-22-13-19(23)17-9-5-6-10-18(17)21/h2-10,15,19,22H,11-14H2,1H3. The van der Waals surface area contributed by atoms with E-state index in [0.717, 1.165) is 17.7 Å². The third-order valence-corrected chi connectivity index (χ3v) is 4.83. The predicted octanol–water partition coefficient (Wildman–Crippen LogP) is 3.42. The number of carbonyl (C=O) groups excluding carboxylic acids is 1. The van der Waals surface area contributed by atoms with E-state index in [1.165, 1.54) is 0 Å². The third-order valence-electron chi connectivity index (χ3n) is 4.48. The number of hydrogen-bond donors (Lipinski definition) is 1. The fourth-order valence-electron chi connectivity index (χ4n) is 3.09. The van der Waals surface area contributed by atoms with E-state index >= 15 is 0 Å². The van der Waals surface area contributed by atoms with Gasteiger partial charge in [0.1, 0.15) is 6.10 Å². The number of nitrogens with zero attached hydrogens (tertiary/aromatic N) is 1. The van der Waals surface area contributed by atoms with Gasteiger partial charge in [0.05, 0.1) is 12.6 Å². The van der Waals surface area contributed by atoms with Crippen molar-refractivity contribution in [2.75, 3.05) is 19.6 Å². The summed E-state index contributed by atoms with van der Waals surface area (Å²) in [7, 11) is 0. The SMILES string of the molecule is CC(OCc1ccccc1)C(=O)N1CCNCC1c1ccccc1Cl. The Hall–Kier alpha value is -1.88. The van der Waals surface area contributed by atoms with Crippen molar-refractivity contribution in [1.82, 2.24) is 10.2 Å². The van der Waals surface area contributed by atoms with E-state index < -0.39 is 6.10 Å². The molecule has 1 saturated heterocycles. The molecule has 0 saturated carbocycles. The van der Waals surface area contributed by atoms with Crippen LogP contribution in [-0.4, -0.2) is 36.5 Å². The van der Waals surface area contributed by atoms with Crippen molar-refractivity contribution in [3.8, 4) is 0 Å². The average Bonchev–Trinajstić information content (AvgIpc) is 2.67. The summed E-state index contributed by atoms with van der Waals surface area (Å²) in [5, 5.41) is 4.04. The summed E-state index contributed by atoms with van der Waals surface area (Å²) >= 11 is 6.35. The first-order valence-corrected chi connectivity index (χ1v) is 8.96. The number of hydrogen-bond acceptors (Lipinski definition) is 3. The minimum atomic E-state index is -0.497. The zero-order valence-electron chi connectivity index (χ0n) is 14.3.